The van der Waals surface area contributed by atoms with E-state index in [0.29, 0.717) is 16.6 Å². The van der Waals surface area contributed by atoms with Crippen LogP contribution in [0.3, 0.4) is 0 Å². The van der Waals surface area contributed by atoms with Crippen molar-refractivity contribution in [3.63, 3.8) is 0 Å². The van der Waals surface area contributed by atoms with Crippen molar-refractivity contribution in [2.45, 2.75) is 12.8 Å². The highest BCUT2D eigenvalue weighted by Crippen LogP contribution is 2.21. The van der Waals surface area contributed by atoms with E-state index in [9.17, 15) is 0 Å². The van der Waals surface area contributed by atoms with Crippen molar-refractivity contribution in [2.75, 3.05) is 6.54 Å². The summed E-state index contributed by atoms with van der Waals surface area (Å²) in [6.07, 6.45) is 3.58. The summed E-state index contributed by atoms with van der Waals surface area (Å²) in [7, 11) is 0. The number of halogens is 2. The molecular weight excluding hydrogens is 259 g/mol. The first-order valence-corrected chi connectivity index (χ1v) is 6.02. The Kier molecular flexibility index (Phi) is 3.99. The van der Waals surface area contributed by atoms with Gasteiger partial charge in [-0.2, -0.15) is 0 Å². The third-order valence-corrected chi connectivity index (χ3v) is 2.73. The molecule has 2 N–H and O–H groups in total. The van der Waals surface area contributed by atoms with Gasteiger partial charge in [-0.3, -0.25) is 0 Å². The molecule has 0 aliphatic carbocycles. The Hall–Kier alpha value is -1.10. The van der Waals surface area contributed by atoms with Crippen LogP contribution < -0.4 is 5.73 Å². The van der Waals surface area contributed by atoms with Crippen LogP contribution in [0, 0.1) is 0 Å². The molecule has 0 saturated heterocycles. The Labute approximate surface area is 109 Å². The van der Waals surface area contributed by atoms with Crippen LogP contribution in [0.1, 0.15) is 12.1 Å². The minimum Gasteiger partial charge on any atom is -0.330 e. The van der Waals surface area contributed by atoms with Crippen LogP contribution in [0.2, 0.25) is 10.0 Å². The summed E-state index contributed by atoms with van der Waals surface area (Å²) in [5, 5.41) is 9.24. The zero-order valence-corrected chi connectivity index (χ0v) is 10.6. The number of rotatable bonds is 4. The first-order valence-electron chi connectivity index (χ1n) is 5.27. The number of hydrogen-bond donors (Lipinski definition) is 1. The quantitative estimate of drug-likeness (QED) is 0.929. The third kappa shape index (κ3) is 3.19. The molecule has 0 aliphatic heterocycles. The molecule has 2 rings (SSSR count). The summed E-state index contributed by atoms with van der Waals surface area (Å²) in [4.78, 5) is 0. The third-order valence-electron chi connectivity index (χ3n) is 2.29. The summed E-state index contributed by atoms with van der Waals surface area (Å²) in [6.45, 7) is 0.649. The van der Waals surface area contributed by atoms with Crippen LogP contribution in [0.25, 0.3) is 5.69 Å². The van der Waals surface area contributed by atoms with E-state index >= 15 is 0 Å². The van der Waals surface area contributed by atoms with E-state index < -0.39 is 0 Å². The van der Waals surface area contributed by atoms with Crippen LogP contribution in [0.5, 0.6) is 0 Å². The molecule has 90 valence electrons. The topological polar surface area (TPSA) is 56.7 Å². The Morgan fingerprint density at radius 1 is 1.18 bits per heavy atom. The van der Waals surface area contributed by atoms with Gasteiger partial charge in [-0.25, -0.2) is 4.68 Å². The van der Waals surface area contributed by atoms with Crippen LogP contribution in [0.15, 0.2) is 24.4 Å². The Balaban J connectivity index is 2.24. The van der Waals surface area contributed by atoms with Gasteiger partial charge in [0.05, 0.1) is 17.6 Å². The largest absolute Gasteiger partial charge is 0.330 e. The van der Waals surface area contributed by atoms with Gasteiger partial charge in [0.25, 0.3) is 0 Å². The SMILES string of the molecule is NCCCc1cn(-c2cc(Cl)cc(Cl)c2)nn1. The summed E-state index contributed by atoms with van der Waals surface area (Å²) in [5.41, 5.74) is 7.15. The molecule has 0 atom stereocenters. The lowest BCUT2D eigenvalue weighted by atomic mass is 10.2. The Bertz CT molecular complexity index is 490. The average molecular weight is 271 g/mol. The molecule has 0 radical (unpaired) electrons. The monoisotopic (exact) mass is 270 g/mol. The summed E-state index contributed by atoms with van der Waals surface area (Å²) in [5.74, 6) is 0. The van der Waals surface area contributed by atoms with E-state index in [1.165, 1.54) is 0 Å². The number of benzene rings is 1. The maximum atomic E-state index is 5.93. The van der Waals surface area contributed by atoms with Crippen molar-refractivity contribution in [3.8, 4) is 5.69 Å². The second-order valence-corrected chi connectivity index (χ2v) is 4.55. The first-order chi connectivity index (χ1) is 8.19. The van der Waals surface area contributed by atoms with Gasteiger partial charge in [-0.1, -0.05) is 28.4 Å². The molecule has 1 heterocycles. The molecule has 2 aromatic rings. The van der Waals surface area contributed by atoms with Gasteiger partial charge in [0, 0.05) is 10.0 Å². The molecule has 0 saturated carbocycles. The molecule has 0 bridgehead atoms. The van der Waals surface area contributed by atoms with Crippen molar-refractivity contribution in [2.24, 2.45) is 5.73 Å². The number of aryl methyl sites for hydroxylation is 1. The highest BCUT2D eigenvalue weighted by Gasteiger charge is 2.04. The van der Waals surface area contributed by atoms with E-state index in [-0.39, 0.29) is 0 Å². The minimum absolute atomic E-state index is 0.575. The molecule has 4 nitrogen and oxygen atoms in total. The van der Waals surface area contributed by atoms with E-state index in [1.54, 1.807) is 22.9 Å². The minimum atomic E-state index is 0.575. The fourth-order valence-corrected chi connectivity index (χ4v) is 2.01. The van der Waals surface area contributed by atoms with E-state index in [1.807, 2.05) is 6.20 Å². The van der Waals surface area contributed by atoms with E-state index in [0.717, 1.165) is 24.2 Å². The Morgan fingerprint density at radius 3 is 2.53 bits per heavy atom. The number of nitrogens with zero attached hydrogens (tertiary/aromatic N) is 3. The predicted octanol–water partition coefficient (Wildman–Crippen LogP) is 2.47. The molecule has 0 spiro atoms. The van der Waals surface area contributed by atoms with Crippen molar-refractivity contribution in [1.29, 1.82) is 0 Å². The van der Waals surface area contributed by atoms with Gasteiger partial charge in [-0.15, -0.1) is 5.10 Å². The second kappa shape index (κ2) is 5.49. The van der Waals surface area contributed by atoms with Gasteiger partial charge in [-0.05, 0) is 37.6 Å². The zero-order chi connectivity index (χ0) is 12.3. The fraction of sp³-hybridized carbons (Fsp3) is 0.273. The predicted molar refractivity (Wildman–Crippen MR) is 68.8 cm³/mol. The smallest absolute Gasteiger partial charge is 0.0832 e. The van der Waals surface area contributed by atoms with Gasteiger partial charge in [0.2, 0.25) is 0 Å². The highest BCUT2D eigenvalue weighted by atomic mass is 35.5. The summed E-state index contributed by atoms with van der Waals surface area (Å²) in [6, 6.07) is 5.25. The molecule has 1 aromatic carbocycles. The van der Waals surface area contributed by atoms with Crippen molar-refractivity contribution >= 4 is 23.2 Å². The van der Waals surface area contributed by atoms with Crippen LogP contribution in [-0.2, 0) is 6.42 Å². The van der Waals surface area contributed by atoms with Crippen molar-refractivity contribution in [3.05, 3.63) is 40.1 Å². The van der Waals surface area contributed by atoms with Crippen LogP contribution in [-0.4, -0.2) is 21.5 Å². The van der Waals surface area contributed by atoms with E-state index in [4.69, 9.17) is 28.9 Å². The van der Waals surface area contributed by atoms with Crippen molar-refractivity contribution < 1.29 is 0 Å². The van der Waals surface area contributed by atoms with Gasteiger partial charge >= 0.3 is 0 Å². The maximum Gasteiger partial charge on any atom is 0.0832 e. The lowest BCUT2D eigenvalue weighted by Crippen LogP contribution is -2.00. The molecular formula is C11H12Cl2N4. The Morgan fingerprint density at radius 2 is 1.88 bits per heavy atom. The lowest BCUT2D eigenvalue weighted by Gasteiger charge is -2.01. The highest BCUT2D eigenvalue weighted by molar-refractivity contribution is 6.34. The average Bonchev–Trinajstić information content (AvgIpc) is 2.73. The molecule has 0 unspecified atom stereocenters. The summed E-state index contributed by atoms with van der Waals surface area (Å²) >= 11 is 11.9. The second-order valence-electron chi connectivity index (χ2n) is 3.67. The molecule has 6 heteroatoms. The van der Waals surface area contributed by atoms with Crippen LogP contribution >= 0.6 is 23.2 Å². The van der Waals surface area contributed by atoms with Crippen LogP contribution in [0.4, 0.5) is 0 Å². The van der Waals surface area contributed by atoms with Gasteiger partial charge in [0.1, 0.15) is 0 Å². The molecule has 0 aliphatic rings. The van der Waals surface area contributed by atoms with Crippen molar-refractivity contribution in [1.82, 2.24) is 15.0 Å². The number of aromatic nitrogens is 3. The van der Waals surface area contributed by atoms with Gasteiger partial charge < -0.3 is 5.73 Å². The number of hydrogen-bond acceptors (Lipinski definition) is 3. The van der Waals surface area contributed by atoms with E-state index in [2.05, 4.69) is 10.3 Å². The fourth-order valence-electron chi connectivity index (χ4n) is 1.49. The summed E-state index contributed by atoms with van der Waals surface area (Å²) < 4.78 is 1.66. The zero-order valence-electron chi connectivity index (χ0n) is 9.11. The standard InChI is InChI=1S/C11H12Cl2N4/c12-8-4-9(13)6-11(5-8)17-7-10(15-16-17)2-1-3-14/h4-7H,1-3,14H2. The molecule has 0 amide bonds. The number of nitrogens with two attached hydrogens (primary N) is 1. The normalized spacial score (nSPS) is 10.8. The molecule has 17 heavy (non-hydrogen) atoms. The molecule has 0 fully saturated rings. The first kappa shape index (κ1) is 12.4. The lowest BCUT2D eigenvalue weighted by molar-refractivity contribution is 0.779. The molecule has 1 aromatic heterocycles. The van der Waals surface area contributed by atoms with Gasteiger partial charge in [0.15, 0.2) is 0 Å². The maximum absolute atomic E-state index is 5.93.